The van der Waals surface area contributed by atoms with Gasteiger partial charge in [0, 0.05) is 23.9 Å². The number of likely N-dealkylation sites (tertiary alicyclic amines) is 1. The third kappa shape index (κ3) is 2.36. The van der Waals surface area contributed by atoms with Gasteiger partial charge in [-0.2, -0.15) is 5.10 Å². The molecule has 1 fully saturated rings. The second-order valence-corrected chi connectivity index (χ2v) is 5.06. The quantitative estimate of drug-likeness (QED) is 0.776. The Morgan fingerprint density at radius 1 is 1.48 bits per heavy atom. The lowest BCUT2D eigenvalue weighted by Gasteiger charge is -2.22. The Morgan fingerprint density at radius 3 is 3.05 bits per heavy atom. The van der Waals surface area contributed by atoms with Crippen LogP contribution in [0, 0.1) is 0 Å². The van der Waals surface area contributed by atoms with Crippen LogP contribution in [-0.4, -0.2) is 57.9 Å². The number of hydrogen-bond acceptors (Lipinski definition) is 5. The molecule has 2 unspecified atom stereocenters. The highest BCUT2D eigenvalue weighted by molar-refractivity contribution is 6.00. The number of H-pyrrole nitrogens is 1. The summed E-state index contributed by atoms with van der Waals surface area (Å²) >= 11 is 0. The molecule has 2 aromatic rings. The van der Waals surface area contributed by atoms with Crippen LogP contribution in [0.1, 0.15) is 16.8 Å². The molecule has 1 amide bonds. The van der Waals surface area contributed by atoms with Crippen molar-refractivity contribution in [1.82, 2.24) is 15.1 Å². The third-order valence-corrected chi connectivity index (χ3v) is 3.70. The largest absolute Gasteiger partial charge is 0.467 e. The molecule has 0 aliphatic carbocycles. The van der Waals surface area contributed by atoms with Crippen LogP contribution in [-0.2, 0) is 9.53 Å². The first-order chi connectivity index (χ1) is 10.1. The van der Waals surface area contributed by atoms with E-state index < -0.39 is 18.1 Å². The van der Waals surface area contributed by atoms with Gasteiger partial charge in [-0.3, -0.25) is 9.89 Å². The van der Waals surface area contributed by atoms with Gasteiger partial charge < -0.3 is 14.7 Å². The molecule has 110 valence electrons. The van der Waals surface area contributed by atoms with Gasteiger partial charge in [-0.05, 0) is 18.2 Å². The zero-order chi connectivity index (χ0) is 15.0. The zero-order valence-electron chi connectivity index (χ0n) is 11.4. The van der Waals surface area contributed by atoms with E-state index >= 15 is 0 Å². The number of amides is 1. The van der Waals surface area contributed by atoms with Crippen molar-refractivity contribution in [3.05, 3.63) is 30.0 Å². The van der Waals surface area contributed by atoms with Crippen molar-refractivity contribution in [2.24, 2.45) is 0 Å². The Kier molecular flexibility index (Phi) is 3.34. The molecule has 1 saturated heterocycles. The number of aromatic amines is 1. The van der Waals surface area contributed by atoms with Gasteiger partial charge in [0.05, 0.1) is 24.9 Å². The van der Waals surface area contributed by atoms with E-state index in [-0.39, 0.29) is 18.9 Å². The van der Waals surface area contributed by atoms with Crippen molar-refractivity contribution in [2.75, 3.05) is 13.7 Å². The Labute approximate surface area is 120 Å². The van der Waals surface area contributed by atoms with E-state index in [4.69, 9.17) is 4.74 Å². The summed E-state index contributed by atoms with van der Waals surface area (Å²) in [7, 11) is 1.27. The number of β-amino-alcohol motifs (C(OH)–C–C–N with tert-alkyl or cyclic N) is 1. The lowest BCUT2D eigenvalue weighted by molar-refractivity contribution is -0.145. The standard InChI is InChI=1S/C14H15N3O4/c1-21-14(20)12-5-10(18)7-17(12)13(19)8-2-3-11-9(4-8)6-15-16-11/h2-4,6,10,12,18H,5,7H2,1H3,(H,15,16). The highest BCUT2D eigenvalue weighted by atomic mass is 16.5. The molecule has 7 nitrogen and oxygen atoms in total. The van der Waals surface area contributed by atoms with Crippen molar-refractivity contribution < 1.29 is 19.4 Å². The van der Waals surface area contributed by atoms with Gasteiger partial charge in [0.1, 0.15) is 6.04 Å². The van der Waals surface area contributed by atoms with Crippen molar-refractivity contribution in [2.45, 2.75) is 18.6 Å². The second-order valence-electron chi connectivity index (χ2n) is 5.06. The van der Waals surface area contributed by atoms with Gasteiger partial charge in [0.25, 0.3) is 5.91 Å². The number of ether oxygens (including phenoxy) is 1. The summed E-state index contributed by atoms with van der Waals surface area (Å²) in [6.07, 6.45) is 1.12. The molecular weight excluding hydrogens is 274 g/mol. The number of nitrogens with one attached hydrogen (secondary N) is 1. The van der Waals surface area contributed by atoms with Crippen molar-refractivity contribution >= 4 is 22.8 Å². The first-order valence-corrected chi connectivity index (χ1v) is 6.60. The summed E-state index contributed by atoms with van der Waals surface area (Å²) in [5.41, 5.74) is 1.28. The van der Waals surface area contributed by atoms with Crippen LogP contribution in [0.3, 0.4) is 0 Å². The number of aliphatic hydroxyl groups excluding tert-OH is 1. The van der Waals surface area contributed by atoms with Gasteiger partial charge in [-0.1, -0.05) is 0 Å². The average Bonchev–Trinajstić information content (AvgIpc) is 3.10. The van der Waals surface area contributed by atoms with Crippen LogP contribution in [0.4, 0.5) is 0 Å². The van der Waals surface area contributed by atoms with Crippen molar-refractivity contribution in [3.63, 3.8) is 0 Å². The Morgan fingerprint density at radius 2 is 2.29 bits per heavy atom. The van der Waals surface area contributed by atoms with Crippen LogP contribution in [0.15, 0.2) is 24.4 Å². The number of nitrogens with zero attached hydrogens (tertiary/aromatic N) is 2. The predicted octanol–water partition coefficient (Wildman–Crippen LogP) is 0.311. The van der Waals surface area contributed by atoms with Gasteiger partial charge >= 0.3 is 5.97 Å². The van der Waals surface area contributed by atoms with Crippen molar-refractivity contribution in [1.29, 1.82) is 0 Å². The molecular formula is C14H15N3O4. The monoisotopic (exact) mass is 289 g/mol. The molecule has 7 heteroatoms. The number of benzene rings is 1. The fourth-order valence-corrected chi connectivity index (χ4v) is 2.64. The molecule has 0 radical (unpaired) electrons. The number of fused-ring (bicyclic) bond motifs is 1. The number of methoxy groups -OCH3 is 1. The smallest absolute Gasteiger partial charge is 0.328 e. The topological polar surface area (TPSA) is 95.5 Å². The van der Waals surface area contributed by atoms with Gasteiger partial charge in [0.15, 0.2) is 0 Å². The normalized spacial score (nSPS) is 21.7. The summed E-state index contributed by atoms with van der Waals surface area (Å²) in [5, 5.41) is 17.3. The molecule has 2 atom stereocenters. The highest BCUT2D eigenvalue weighted by Gasteiger charge is 2.39. The minimum Gasteiger partial charge on any atom is -0.467 e. The molecule has 2 N–H and O–H groups in total. The molecule has 1 aromatic carbocycles. The minimum atomic E-state index is -0.738. The summed E-state index contributed by atoms with van der Waals surface area (Å²) in [5.74, 6) is -0.811. The van der Waals surface area contributed by atoms with Crippen LogP contribution >= 0.6 is 0 Å². The lowest BCUT2D eigenvalue weighted by Crippen LogP contribution is -2.41. The van der Waals surface area contributed by atoms with E-state index in [9.17, 15) is 14.7 Å². The number of aromatic nitrogens is 2. The van der Waals surface area contributed by atoms with E-state index in [1.54, 1.807) is 24.4 Å². The van der Waals surface area contributed by atoms with Gasteiger partial charge in [-0.15, -0.1) is 0 Å². The molecule has 2 heterocycles. The first-order valence-electron chi connectivity index (χ1n) is 6.60. The fourth-order valence-electron chi connectivity index (χ4n) is 2.64. The van der Waals surface area contributed by atoms with Crippen LogP contribution in [0.5, 0.6) is 0 Å². The molecule has 1 aliphatic heterocycles. The van der Waals surface area contributed by atoms with E-state index in [1.807, 2.05) is 0 Å². The molecule has 3 rings (SSSR count). The Balaban J connectivity index is 1.90. The molecule has 0 spiro atoms. The fraction of sp³-hybridized carbons (Fsp3) is 0.357. The first kappa shape index (κ1) is 13.6. The SMILES string of the molecule is COC(=O)C1CC(O)CN1C(=O)c1ccc2[nH]ncc2c1. The Hall–Kier alpha value is -2.41. The van der Waals surface area contributed by atoms with Crippen LogP contribution in [0.25, 0.3) is 10.9 Å². The second kappa shape index (κ2) is 5.17. The number of carbonyl (C=O) groups is 2. The number of rotatable bonds is 2. The summed E-state index contributed by atoms with van der Waals surface area (Å²) < 4.78 is 4.70. The average molecular weight is 289 g/mol. The van der Waals surface area contributed by atoms with Crippen LogP contribution < -0.4 is 0 Å². The Bertz CT molecular complexity index is 696. The highest BCUT2D eigenvalue weighted by Crippen LogP contribution is 2.23. The lowest BCUT2D eigenvalue weighted by atomic mass is 10.1. The third-order valence-electron chi connectivity index (χ3n) is 3.70. The molecule has 0 bridgehead atoms. The molecule has 21 heavy (non-hydrogen) atoms. The maximum absolute atomic E-state index is 12.6. The molecule has 0 saturated carbocycles. The van der Waals surface area contributed by atoms with Crippen LogP contribution in [0.2, 0.25) is 0 Å². The summed E-state index contributed by atoms with van der Waals surface area (Å²) in [6.45, 7) is 0.127. The summed E-state index contributed by atoms with van der Waals surface area (Å²) in [6, 6.07) is 4.40. The zero-order valence-corrected chi connectivity index (χ0v) is 11.4. The number of carbonyl (C=O) groups excluding carboxylic acids is 2. The van der Waals surface area contributed by atoms with Gasteiger partial charge in [-0.25, -0.2) is 4.79 Å². The maximum Gasteiger partial charge on any atom is 0.328 e. The number of hydrogen-bond donors (Lipinski definition) is 2. The maximum atomic E-state index is 12.6. The van der Waals surface area contributed by atoms with E-state index in [2.05, 4.69) is 10.2 Å². The van der Waals surface area contributed by atoms with E-state index in [1.165, 1.54) is 12.0 Å². The number of aliphatic hydroxyl groups is 1. The van der Waals surface area contributed by atoms with E-state index in [0.717, 1.165) is 10.9 Å². The van der Waals surface area contributed by atoms with E-state index in [0.29, 0.717) is 5.56 Å². The predicted molar refractivity (Wildman–Crippen MR) is 73.6 cm³/mol. The number of esters is 1. The van der Waals surface area contributed by atoms with Gasteiger partial charge in [0.2, 0.25) is 0 Å². The summed E-state index contributed by atoms with van der Waals surface area (Å²) in [4.78, 5) is 25.7. The minimum absolute atomic E-state index is 0.127. The van der Waals surface area contributed by atoms with Crippen molar-refractivity contribution in [3.8, 4) is 0 Å². The molecule has 1 aliphatic rings. The molecule has 1 aromatic heterocycles.